The van der Waals surface area contributed by atoms with Crippen molar-refractivity contribution >= 4 is 35.2 Å². The van der Waals surface area contributed by atoms with E-state index < -0.39 is 34.6 Å². The molecule has 0 radical (unpaired) electrons. The molecule has 1 aromatic carbocycles. The number of carbonyl (C=O) groups is 3. The average molecular weight is 483 g/mol. The van der Waals surface area contributed by atoms with Gasteiger partial charge in [0.2, 0.25) is 5.91 Å². The van der Waals surface area contributed by atoms with Gasteiger partial charge in [0.15, 0.2) is 0 Å². The average Bonchev–Trinajstić information content (AvgIpc) is 3.12. The molecule has 180 valence electrons. The monoisotopic (exact) mass is 482 g/mol. The number of aliphatic hydroxyl groups is 1. The number of likely N-dealkylation sites (tertiary alicyclic amines) is 1. The Hall–Kier alpha value is -2.58. The van der Waals surface area contributed by atoms with Crippen molar-refractivity contribution in [1.29, 1.82) is 0 Å². The standard InChI is InChI=1S/C26H30N2O5S/c1-4-17(14-29)28-22-24(31)27(18-13-15(2)8-9-16(18)3)11-6-10-26(22)21(23(28)30)20-19(34-26)7-5-12-33-25(20)32/h5-10,13,17,19-22,29H,4,11-12,14H2,1-3H3/t17-,19+,20-,21-,22?,26-/m0/s1. The van der Waals surface area contributed by atoms with Crippen molar-refractivity contribution in [2.24, 2.45) is 11.8 Å². The van der Waals surface area contributed by atoms with Crippen molar-refractivity contribution < 1.29 is 24.2 Å². The summed E-state index contributed by atoms with van der Waals surface area (Å²) in [6.45, 7) is 6.18. The number of amides is 2. The molecule has 4 heterocycles. The van der Waals surface area contributed by atoms with E-state index in [1.807, 2.05) is 63.3 Å². The van der Waals surface area contributed by atoms with Crippen molar-refractivity contribution in [3.8, 4) is 0 Å². The van der Waals surface area contributed by atoms with Gasteiger partial charge in [-0.2, -0.15) is 0 Å². The van der Waals surface area contributed by atoms with Gasteiger partial charge in [-0.3, -0.25) is 14.4 Å². The second-order valence-corrected chi connectivity index (χ2v) is 11.0. The number of cyclic esters (lactones) is 1. The van der Waals surface area contributed by atoms with Crippen molar-refractivity contribution in [3.05, 3.63) is 53.6 Å². The number of hydrogen-bond donors (Lipinski definition) is 1. The molecule has 5 rings (SSSR count). The van der Waals surface area contributed by atoms with Gasteiger partial charge >= 0.3 is 5.97 Å². The summed E-state index contributed by atoms with van der Waals surface area (Å²) in [6.07, 6.45) is 8.20. The zero-order valence-corrected chi connectivity index (χ0v) is 20.5. The molecule has 1 unspecified atom stereocenters. The molecule has 1 N–H and O–H groups in total. The quantitative estimate of drug-likeness (QED) is 0.524. The van der Waals surface area contributed by atoms with Crippen LogP contribution in [0.2, 0.25) is 0 Å². The Bertz CT molecular complexity index is 1100. The van der Waals surface area contributed by atoms with E-state index in [0.717, 1.165) is 16.8 Å². The van der Waals surface area contributed by atoms with E-state index in [-0.39, 0.29) is 30.3 Å². The number of carbonyl (C=O) groups excluding carboxylic acids is 3. The highest BCUT2D eigenvalue weighted by atomic mass is 32.2. The third kappa shape index (κ3) is 3.26. The van der Waals surface area contributed by atoms with E-state index in [1.165, 1.54) is 11.8 Å². The Kier molecular flexibility index (Phi) is 5.84. The van der Waals surface area contributed by atoms with Gasteiger partial charge in [-0.1, -0.05) is 43.4 Å². The van der Waals surface area contributed by atoms with Crippen LogP contribution in [0.1, 0.15) is 24.5 Å². The highest BCUT2D eigenvalue weighted by Gasteiger charge is 2.71. The van der Waals surface area contributed by atoms with Gasteiger partial charge in [0, 0.05) is 17.5 Å². The van der Waals surface area contributed by atoms with Gasteiger partial charge in [-0.25, -0.2) is 0 Å². The van der Waals surface area contributed by atoms with E-state index in [9.17, 15) is 19.5 Å². The number of aryl methyl sites for hydroxylation is 2. The molecule has 2 fully saturated rings. The molecule has 0 aliphatic carbocycles. The molecular weight excluding hydrogens is 452 g/mol. The second-order valence-electron chi connectivity index (χ2n) is 9.53. The molecule has 0 saturated carbocycles. The molecule has 34 heavy (non-hydrogen) atoms. The summed E-state index contributed by atoms with van der Waals surface area (Å²) in [5.74, 6) is -2.21. The third-order valence-electron chi connectivity index (χ3n) is 7.58. The van der Waals surface area contributed by atoms with Gasteiger partial charge in [0.05, 0.1) is 29.2 Å². The van der Waals surface area contributed by atoms with E-state index in [0.29, 0.717) is 13.0 Å². The van der Waals surface area contributed by atoms with E-state index in [1.54, 1.807) is 9.80 Å². The first-order valence-corrected chi connectivity index (χ1v) is 12.7. The smallest absolute Gasteiger partial charge is 0.311 e. The normalized spacial score (nSPS) is 33.2. The summed E-state index contributed by atoms with van der Waals surface area (Å²) < 4.78 is 4.49. The first kappa shape index (κ1) is 23.2. The van der Waals surface area contributed by atoms with Crippen LogP contribution in [-0.4, -0.2) is 69.6 Å². The number of ether oxygens (including phenoxy) is 1. The molecule has 1 aromatic rings. The maximum absolute atomic E-state index is 14.3. The molecule has 2 saturated heterocycles. The number of hydrogen-bond acceptors (Lipinski definition) is 6. The number of nitrogens with zero attached hydrogens (tertiary/aromatic N) is 2. The van der Waals surface area contributed by atoms with Crippen LogP contribution >= 0.6 is 11.8 Å². The molecule has 6 atom stereocenters. The molecule has 4 aliphatic rings. The number of anilines is 1. The summed E-state index contributed by atoms with van der Waals surface area (Å²) in [7, 11) is 0. The Labute approximate surface area is 203 Å². The number of thioether (sulfide) groups is 1. The summed E-state index contributed by atoms with van der Waals surface area (Å²) in [6, 6.07) is 4.67. The predicted molar refractivity (Wildman–Crippen MR) is 130 cm³/mol. The lowest BCUT2D eigenvalue weighted by atomic mass is 9.78. The Morgan fingerprint density at radius 3 is 2.74 bits per heavy atom. The molecule has 8 heteroatoms. The molecule has 0 aromatic heterocycles. The van der Waals surface area contributed by atoms with Gasteiger partial charge in [-0.05, 0) is 37.5 Å². The van der Waals surface area contributed by atoms with Crippen molar-refractivity contribution in [2.45, 2.75) is 49.3 Å². The summed E-state index contributed by atoms with van der Waals surface area (Å²) in [5, 5.41) is 9.92. The van der Waals surface area contributed by atoms with Crippen LogP contribution in [0.5, 0.6) is 0 Å². The van der Waals surface area contributed by atoms with E-state index in [2.05, 4.69) is 0 Å². The maximum Gasteiger partial charge on any atom is 0.311 e. The van der Waals surface area contributed by atoms with Gasteiger partial charge < -0.3 is 19.6 Å². The topological polar surface area (TPSA) is 87.2 Å². The third-order valence-corrected chi connectivity index (χ3v) is 9.33. The van der Waals surface area contributed by atoms with Crippen LogP contribution in [0.15, 0.2) is 42.5 Å². The first-order chi connectivity index (χ1) is 16.3. The molecule has 1 spiro atoms. The van der Waals surface area contributed by atoms with E-state index in [4.69, 9.17) is 4.74 Å². The zero-order chi connectivity index (χ0) is 24.2. The van der Waals surface area contributed by atoms with Crippen LogP contribution < -0.4 is 4.90 Å². The fourth-order valence-electron chi connectivity index (χ4n) is 5.94. The minimum atomic E-state index is -0.904. The number of aliphatic hydroxyl groups excluding tert-OH is 1. The fourth-order valence-corrected chi connectivity index (χ4v) is 7.93. The minimum absolute atomic E-state index is 0.178. The second kappa shape index (κ2) is 8.57. The molecule has 4 aliphatic heterocycles. The lowest BCUT2D eigenvalue weighted by molar-refractivity contribution is -0.152. The highest BCUT2D eigenvalue weighted by Crippen LogP contribution is 2.61. The minimum Gasteiger partial charge on any atom is -0.461 e. The van der Waals surface area contributed by atoms with Crippen LogP contribution in [-0.2, 0) is 19.1 Å². The lowest BCUT2D eigenvalue weighted by Crippen LogP contribution is -2.56. The van der Waals surface area contributed by atoms with Crippen LogP contribution in [0.25, 0.3) is 0 Å². The summed E-state index contributed by atoms with van der Waals surface area (Å²) in [5.41, 5.74) is 2.83. The largest absolute Gasteiger partial charge is 0.461 e. The molecular formula is C26H30N2O5S. The van der Waals surface area contributed by atoms with Crippen molar-refractivity contribution in [1.82, 2.24) is 4.90 Å². The number of fused-ring (bicyclic) bond motifs is 2. The zero-order valence-electron chi connectivity index (χ0n) is 19.6. The van der Waals surface area contributed by atoms with Crippen molar-refractivity contribution in [3.63, 3.8) is 0 Å². The van der Waals surface area contributed by atoms with E-state index >= 15 is 0 Å². The molecule has 7 nitrogen and oxygen atoms in total. The maximum atomic E-state index is 14.3. The van der Waals surface area contributed by atoms with Gasteiger partial charge in [-0.15, -0.1) is 11.8 Å². The lowest BCUT2D eigenvalue weighted by Gasteiger charge is -2.38. The predicted octanol–water partition coefficient (Wildman–Crippen LogP) is 2.39. The van der Waals surface area contributed by atoms with Crippen molar-refractivity contribution in [2.75, 3.05) is 24.7 Å². The summed E-state index contributed by atoms with van der Waals surface area (Å²) >= 11 is 1.52. The van der Waals surface area contributed by atoms with Crippen LogP contribution in [0.4, 0.5) is 5.69 Å². The molecule has 2 amide bonds. The Morgan fingerprint density at radius 1 is 1.21 bits per heavy atom. The number of esters is 1. The fraction of sp³-hybridized carbons (Fsp3) is 0.500. The van der Waals surface area contributed by atoms with Crippen LogP contribution in [0.3, 0.4) is 0 Å². The Balaban J connectivity index is 1.67. The number of rotatable bonds is 4. The number of benzene rings is 1. The first-order valence-electron chi connectivity index (χ1n) is 11.8. The highest BCUT2D eigenvalue weighted by molar-refractivity contribution is 8.02. The Morgan fingerprint density at radius 2 is 2.00 bits per heavy atom. The van der Waals surface area contributed by atoms with Gasteiger partial charge in [0.1, 0.15) is 12.6 Å². The SMILES string of the molecule is CC[C@@H](CO)N1C(=O)[C@@H]2[C@H]3C(=O)OCC=C[C@H]3S[C@@]23C=CCN(c2cc(C)ccc2C)C(=O)C13. The molecule has 0 bridgehead atoms. The summed E-state index contributed by atoms with van der Waals surface area (Å²) in [4.78, 5) is 44.7. The van der Waals surface area contributed by atoms with Gasteiger partial charge in [0.25, 0.3) is 5.91 Å². The van der Waals surface area contributed by atoms with Crippen LogP contribution in [0, 0.1) is 25.7 Å².